The molecule has 2 aromatic carbocycles. The van der Waals surface area contributed by atoms with Crippen molar-refractivity contribution in [1.82, 2.24) is 0 Å². The summed E-state index contributed by atoms with van der Waals surface area (Å²) in [6, 6.07) is 16.1. The molecule has 0 fully saturated rings. The number of para-hydroxylation sites is 2. The van der Waals surface area contributed by atoms with Gasteiger partial charge in [0.25, 0.3) is 0 Å². The molecule has 3 rings (SSSR count). The number of amides is 1. The highest BCUT2D eigenvalue weighted by molar-refractivity contribution is 5.97. The summed E-state index contributed by atoms with van der Waals surface area (Å²) < 4.78 is 0. The van der Waals surface area contributed by atoms with Gasteiger partial charge in [0.1, 0.15) is 6.04 Å². The summed E-state index contributed by atoms with van der Waals surface area (Å²) >= 11 is 0. The minimum absolute atomic E-state index is 0.0441. The molecule has 0 radical (unpaired) electrons. The molecule has 0 spiro atoms. The first-order valence-corrected chi connectivity index (χ1v) is 7.89. The van der Waals surface area contributed by atoms with Crippen molar-refractivity contribution >= 4 is 17.3 Å². The molecule has 0 aromatic heterocycles. The van der Waals surface area contributed by atoms with E-state index in [0.29, 0.717) is 5.92 Å². The number of hydrogen-bond donors (Lipinski definition) is 2. The van der Waals surface area contributed by atoms with Gasteiger partial charge in [-0.05, 0) is 42.0 Å². The minimum Gasteiger partial charge on any atom is -0.373 e. The van der Waals surface area contributed by atoms with Crippen molar-refractivity contribution in [1.29, 1.82) is 0 Å². The van der Waals surface area contributed by atoms with Gasteiger partial charge in [-0.1, -0.05) is 50.2 Å². The van der Waals surface area contributed by atoms with Gasteiger partial charge in [-0.3, -0.25) is 4.79 Å². The Morgan fingerprint density at radius 2 is 1.86 bits per heavy atom. The molecule has 1 unspecified atom stereocenters. The van der Waals surface area contributed by atoms with Crippen molar-refractivity contribution in [3.63, 3.8) is 0 Å². The number of carbonyl (C=O) groups excluding carboxylic acids is 1. The van der Waals surface area contributed by atoms with Crippen molar-refractivity contribution in [2.75, 3.05) is 10.6 Å². The van der Waals surface area contributed by atoms with Gasteiger partial charge in [0, 0.05) is 11.4 Å². The lowest BCUT2D eigenvalue weighted by Crippen LogP contribution is -2.37. The number of fused-ring (bicyclic) bond motifs is 1. The van der Waals surface area contributed by atoms with Crippen LogP contribution >= 0.6 is 0 Å². The topological polar surface area (TPSA) is 41.1 Å². The molecule has 22 heavy (non-hydrogen) atoms. The maximum Gasteiger partial charge on any atom is 0.246 e. The molecule has 1 amide bonds. The monoisotopic (exact) mass is 294 g/mol. The number of carbonyl (C=O) groups is 1. The molecule has 3 heteroatoms. The van der Waals surface area contributed by atoms with Crippen LogP contribution in [0, 0.1) is 0 Å². The van der Waals surface area contributed by atoms with Crippen molar-refractivity contribution < 1.29 is 4.79 Å². The first-order chi connectivity index (χ1) is 10.6. The molecule has 0 saturated heterocycles. The summed E-state index contributed by atoms with van der Waals surface area (Å²) in [7, 11) is 0. The molecule has 1 atom stereocenters. The zero-order valence-electron chi connectivity index (χ0n) is 13.1. The van der Waals surface area contributed by atoms with E-state index in [1.54, 1.807) is 0 Å². The van der Waals surface area contributed by atoms with E-state index in [1.807, 2.05) is 36.4 Å². The van der Waals surface area contributed by atoms with Crippen LogP contribution in [0.1, 0.15) is 37.3 Å². The van der Waals surface area contributed by atoms with Gasteiger partial charge >= 0.3 is 0 Å². The van der Waals surface area contributed by atoms with Gasteiger partial charge < -0.3 is 10.6 Å². The first kappa shape index (κ1) is 14.6. The second kappa shape index (κ2) is 6.22. The number of anilines is 2. The van der Waals surface area contributed by atoms with Crippen molar-refractivity contribution in [2.24, 2.45) is 0 Å². The summed E-state index contributed by atoms with van der Waals surface area (Å²) in [4.78, 5) is 12.6. The lowest BCUT2D eigenvalue weighted by atomic mass is 9.97. The fourth-order valence-corrected chi connectivity index (χ4v) is 2.97. The molecule has 1 aliphatic rings. The fraction of sp³-hybridized carbons (Fsp3) is 0.316. The number of rotatable bonds is 3. The summed E-state index contributed by atoms with van der Waals surface area (Å²) in [5.41, 5.74) is 4.45. The van der Waals surface area contributed by atoms with Crippen molar-refractivity contribution in [2.45, 2.75) is 38.6 Å². The summed E-state index contributed by atoms with van der Waals surface area (Å²) in [5, 5.41) is 6.44. The standard InChI is InChI=1S/C19H22N2O/c1-13(2)15-8-4-6-10-17(15)21-19(22)18-12-11-14-7-3-5-9-16(14)20-18/h3-10,13,18,20H,11-12H2,1-2H3,(H,21,22). The van der Waals surface area contributed by atoms with Crippen LogP contribution in [0.5, 0.6) is 0 Å². The van der Waals surface area contributed by atoms with Crippen LogP contribution in [0.2, 0.25) is 0 Å². The molecular formula is C19H22N2O. The molecule has 114 valence electrons. The Kier molecular flexibility index (Phi) is 4.14. The molecule has 0 bridgehead atoms. The summed E-state index contributed by atoms with van der Waals surface area (Å²) in [6.45, 7) is 4.28. The second-order valence-corrected chi connectivity index (χ2v) is 6.12. The highest BCUT2D eigenvalue weighted by Crippen LogP contribution is 2.27. The summed E-state index contributed by atoms with van der Waals surface area (Å²) in [6.07, 6.45) is 1.76. The third-order valence-corrected chi connectivity index (χ3v) is 4.21. The van der Waals surface area contributed by atoms with Crippen LogP contribution in [0.4, 0.5) is 11.4 Å². The van der Waals surface area contributed by atoms with Crippen LogP contribution in [0.15, 0.2) is 48.5 Å². The van der Waals surface area contributed by atoms with Gasteiger partial charge in [-0.25, -0.2) is 0 Å². The fourth-order valence-electron chi connectivity index (χ4n) is 2.97. The molecule has 1 aliphatic heterocycles. The van der Waals surface area contributed by atoms with Crippen LogP contribution in [-0.2, 0) is 11.2 Å². The maximum absolute atomic E-state index is 12.6. The molecule has 2 aromatic rings. The number of nitrogens with one attached hydrogen (secondary N) is 2. The van der Waals surface area contributed by atoms with Crippen molar-refractivity contribution in [3.05, 3.63) is 59.7 Å². The lowest BCUT2D eigenvalue weighted by molar-refractivity contribution is -0.117. The molecule has 0 saturated carbocycles. The quantitative estimate of drug-likeness (QED) is 0.891. The Labute approximate surface area is 131 Å². The van der Waals surface area contributed by atoms with E-state index >= 15 is 0 Å². The zero-order valence-corrected chi connectivity index (χ0v) is 13.1. The Hall–Kier alpha value is -2.29. The van der Waals surface area contributed by atoms with Gasteiger partial charge in [-0.2, -0.15) is 0 Å². The van der Waals surface area contributed by atoms with Crippen LogP contribution in [0.25, 0.3) is 0 Å². The Morgan fingerprint density at radius 3 is 2.68 bits per heavy atom. The summed E-state index contributed by atoms with van der Waals surface area (Å²) in [5.74, 6) is 0.430. The largest absolute Gasteiger partial charge is 0.373 e. The van der Waals surface area contributed by atoms with Crippen molar-refractivity contribution in [3.8, 4) is 0 Å². The predicted octanol–water partition coefficient (Wildman–Crippen LogP) is 4.18. The molecule has 0 aliphatic carbocycles. The first-order valence-electron chi connectivity index (χ1n) is 7.89. The molecule has 3 nitrogen and oxygen atoms in total. The third-order valence-electron chi connectivity index (χ3n) is 4.21. The predicted molar refractivity (Wildman–Crippen MR) is 91.3 cm³/mol. The lowest BCUT2D eigenvalue weighted by Gasteiger charge is -2.26. The smallest absolute Gasteiger partial charge is 0.246 e. The van der Waals surface area contributed by atoms with Crippen LogP contribution in [0.3, 0.4) is 0 Å². The highest BCUT2D eigenvalue weighted by Gasteiger charge is 2.24. The maximum atomic E-state index is 12.6. The third kappa shape index (κ3) is 2.98. The van der Waals surface area contributed by atoms with Gasteiger partial charge in [-0.15, -0.1) is 0 Å². The van der Waals surface area contributed by atoms with E-state index in [9.17, 15) is 4.79 Å². The second-order valence-electron chi connectivity index (χ2n) is 6.12. The SMILES string of the molecule is CC(C)c1ccccc1NC(=O)C1CCc2ccccc2N1. The molecule has 2 N–H and O–H groups in total. The van der Waals surface area contributed by atoms with E-state index in [-0.39, 0.29) is 11.9 Å². The Balaban J connectivity index is 1.74. The molecule has 1 heterocycles. The normalized spacial score (nSPS) is 16.8. The Morgan fingerprint density at radius 1 is 1.14 bits per heavy atom. The Bertz CT molecular complexity index is 679. The van der Waals surface area contributed by atoms with E-state index in [4.69, 9.17) is 0 Å². The number of hydrogen-bond acceptors (Lipinski definition) is 2. The number of benzene rings is 2. The van der Waals surface area contributed by atoms with E-state index < -0.39 is 0 Å². The van der Waals surface area contributed by atoms with Crippen LogP contribution < -0.4 is 10.6 Å². The van der Waals surface area contributed by atoms with Crippen LogP contribution in [-0.4, -0.2) is 11.9 Å². The van der Waals surface area contributed by atoms with Gasteiger partial charge in [0.15, 0.2) is 0 Å². The number of aryl methyl sites for hydroxylation is 1. The zero-order chi connectivity index (χ0) is 15.5. The van der Waals surface area contributed by atoms with E-state index in [0.717, 1.165) is 24.2 Å². The average molecular weight is 294 g/mol. The molecular weight excluding hydrogens is 272 g/mol. The highest BCUT2D eigenvalue weighted by atomic mass is 16.2. The average Bonchev–Trinajstić information content (AvgIpc) is 2.54. The van der Waals surface area contributed by atoms with Gasteiger partial charge in [0.05, 0.1) is 0 Å². The van der Waals surface area contributed by atoms with Gasteiger partial charge in [0.2, 0.25) is 5.91 Å². The van der Waals surface area contributed by atoms with E-state index in [1.165, 1.54) is 11.1 Å². The van der Waals surface area contributed by atoms with E-state index in [2.05, 4.69) is 36.6 Å². The minimum atomic E-state index is -0.171.